The Kier molecular flexibility index (Phi) is 5.35. The summed E-state index contributed by atoms with van der Waals surface area (Å²) in [6, 6.07) is 9.00. The van der Waals surface area contributed by atoms with Crippen molar-refractivity contribution in [2.45, 2.75) is 25.8 Å². The van der Waals surface area contributed by atoms with Crippen LogP contribution in [0.4, 0.5) is 9.80 Å². The van der Waals surface area contributed by atoms with Crippen LogP contribution in [-0.4, -0.2) is 35.2 Å². The van der Waals surface area contributed by atoms with Crippen LogP contribution >= 0.6 is 11.3 Å². The smallest absolute Gasteiger partial charge is 0.322 e. The third kappa shape index (κ3) is 3.83. The van der Waals surface area contributed by atoms with E-state index in [0.717, 1.165) is 28.8 Å². The van der Waals surface area contributed by atoms with Crippen molar-refractivity contribution >= 4 is 28.3 Å². The van der Waals surface area contributed by atoms with Crippen LogP contribution in [0, 0.1) is 0 Å². The maximum Gasteiger partial charge on any atom is 0.322 e. The van der Waals surface area contributed by atoms with E-state index >= 15 is 0 Å². The molecular formula is C18H19N2O4S-. The first kappa shape index (κ1) is 17.4. The van der Waals surface area contributed by atoms with Gasteiger partial charge in [-0.25, -0.2) is 4.79 Å². The molecule has 0 saturated carbocycles. The van der Waals surface area contributed by atoms with Gasteiger partial charge in [-0.1, -0.05) is 30.3 Å². The number of aryl methyl sites for hydroxylation is 1. The first-order valence-electron chi connectivity index (χ1n) is 8.16. The Morgan fingerprint density at radius 3 is 2.68 bits per heavy atom. The van der Waals surface area contributed by atoms with Crippen molar-refractivity contribution in [2.24, 2.45) is 0 Å². The summed E-state index contributed by atoms with van der Waals surface area (Å²) in [5, 5.41) is 23.8. The van der Waals surface area contributed by atoms with Crippen molar-refractivity contribution in [2.75, 3.05) is 18.5 Å². The first-order valence-corrected chi connectivity index (χ1v) is 8.98. The van der Waals surface area contributed by atoms with Gasteiger partial charge in [0.15, 0.2) is 0 Å². The maximum absolute atomic E-state index is 12.6. The number of thiophene rings is 1. The molecule has 0 saturated heterocycles. The molecule has 132 valence electrons. The van der Waals surface area contributed by atoms with E-state index in [0.29, 0.717) is 18.0 Å². The number of hydrogen-bond donors (Lipinski definition) is 2. The highest BCUT2D eigenvalue weighted by Gasteiger charge is 2.25. The summed E-state index contributed by atoms with van der Waals surface area (Å²) < 4.78 is 0. The molecule has 0 bridgehead atoms. The molecule has 1 heterocycles. The quantitative estimate of drug-likeness (QED) is 0.820. The average molecular weight is 359 g/mol. The number of rotatable bonds is 6. The number of carbonyl (C=O) groups is 2. The number of hydrogen-bond acceptors (Lipinski definition) is 5. The van der Waals surface area contributed by atoms with Gasteiger partial charge < -0.3 is 19.9 Å². The Morgan fingerprint density at radius 1 is 1.24 bits per heavy atom. The number of aromatic carboxylic acids is 1. The fourth-order valence-corrected chi connectivity index (χ4v) is 4.33. The third-order valence-corrected chi connectivity index (χ3v) is 5.43. The molecule has 0 radical (unpaired) electrons. The van der Waals surface area contributed by atoms with Gasteiger partial charge in [0.2, 0.25) is 0 Å². The van der Waals surface area contributed by atoms with E-state index in [1.807, 2.05) is 30.3 Å². The number of benzene rings is 1. The molecular weight excluding hydrogens is 340 g/mol. The minimum atomic E-state index is -1.26. The third-order valence-electron chi connectivity index (χ3n) is 4.22. The summed E-state index contributed by atoms with van der Waals surface area (Å²) in [6.07, 6.45) is 2.47. The minimum Gasteiger partial charge on any atom is -0.545 e. The Balaban J connectivity index is 1.79. The maximum atomic E-state index is 12.6. The van der Waals surface area contributed by atoms with Crippen molar-refractivity contribution < 1.29 is 19.8 Å². The number of aliphatic hydroxyl groups is 1. The van der Waals surface area contributed by atoms with Crippen molar-refractivity contribution in [1.29, 1.82) is 0 Å². The van der Waals surface area contributed by atoms with Gasteiger partial charge in [-0.3, -0.25) is 5.32 Å². The van der Waals surface area contributed by atoms with E-state index in [-0.39, 0.29) is 18.7 Å². The Morgan fingerprint density at radius 2 is 2.00 bits per heavy atom. The monoisotopic (exact) mass is 359 g/mol. The SMILES string of the molecule is O=C([O-])c1c(NC(=O)N(CCO)Cc2ccccc2)sc2c1CCC2. The number of aliphatic hydroxyl groups excluding tert-OH is 1. The molecule has 0 aliphatic heterocycles. The highest BCUT2D eigenvalue weighted by molar-refractivity contribution is 7.17. The van der Waals surface area contributed by atoms with Crippen LogP contribution in [0.15, 0.2) is 30.3 Å². The second kappa shape index (κ2) is 7.67. The van der Waals surface area contributed by atoms with Crippen molar-refractivity contribution in [3.05, 3.63) is 51.9 Å². The Hall–Kier alpha value is -2.38. The highest BCUT2D eigenvalue weighted by Crippen LogP contribution is 2.38. The summed E-state index contributed by atoms with van der Waals surface area (Å²) in [6.45, 7) is 0.319. The molecule has 2 aromatic rings. The van der Waals surface area contributed by atoms with Crippen LogP contribution in [0.5, 0.6) is 0 Å². The van der Waals surface area contributed by atoms with Crippen molar-refractivity contribution in [3.8, 4) is 0 Å². The molecule has 25 heavy (non-hydrogen) atoms. The summed E-state index contributed by atoms with van der Waals surface area (Å²) in [7, 11) is 0. The molecule has 0 unspecified atom stereocenters. The van der Waals surface area contributed by atoms with E-state index in [9.17, 15) is 19.8 Å². The molecule has 1 aliphatic carbocycles. The molecule has 2 amide bonds. The predicted molar refractivity (Wildman–Crippen MR) is 93.6 cm³/mol. The first-order chi connectivity index (χ1) is 12.1. The number of amides is 2. The standard InChI is InChI=1S/C18H20N2O4S/c21-10-9-20(11-12-5-2-1-3-6-12)18(24)19-16-15(17(22)23)13-7-4-8-14(13)25-16/h1-3,5-6,21H,4,7-11H2,(H,19,24)(H,22,23)/p-1. The number of urea groups is 1. The van der Waals surface area contributed by atoms with E-state index in [1.165, 1.54) is 16.2 Å². The minimum absolute atomic E-state index is 0.106. The van der Waals surface area contributed by atoms with Gasteiger partial charge in [0.1, 0.15) is 5.00 Å². The number of nitrogens with one attached hydrogen (secondary N) is 1. The van der Waals surface area contributed by atoms with Crippen LogP contribution < -0.4 is 10.4 Å². The van der Waals surface area contributed by atoms with Gasteiger partial charge in [0.25, 0.3) is 0 Å². The number of carboxylic acid groups (broad SMARTS) is 1. The van der Waals surface area contributed by atoms with Crippen LogP contribution in [0.3, 0.4) is 0 Å². The molecule has 3 rings (SSSR count). The number of fused-ring (bicyclic) bond motifs is 1. The zero-order chi connectivity index (χ0) is 17.8. The topological polar surface area (TPSA) is 92.7 Å². The van der Waals surface area contributed by atoms with E-state index in [2.05, 4.69) is 5.32 Å². The number of nitrogens with zero attached hydrogens (tertiary/aromatic N) is 1. The highest BCUT2D eigenvalue weighted by atomic mass is 32.1. The van der Waals surface area contributed by atoms with Gasteiger partial charge in [-0.15, -0.1) is 11.3 Å². The number of carboxylic acids is 1. The zero-order valence-electron chi connectivity index (χ0n) is 13.7. The van der Waals surface area contributed by atoms with Gasteiger partial charge in [-0.05, 0) is 30.4 Å². The van der Waals surface area contributed by atoms with Crippen molar-refractivity contribution in [3.63, 3.8) is 0 Å². The fraction of sp³-hybridized carbons (Fsp3) is 0.333. The molecule has 0 fully saturated rings. The lowest BCUT2D eigenvalue weighted by atomic mass is 10.1. The molecule has 2 N–H and O–H groups in total. The van der Waals surface area contributed by atoms with Gasteiger partial charge in [0, 0.05) is 23.5 Å². The molecule has 1 aromatic carbocycles. The molecule has 1 aromatic heterocycles. The molecule has 0 atom stereocenters. The summed E-state index contributed by atoms with van der Waals surface area (Å²) in [5.74, 6) is -1.26. The molecule has 1 aliphatic rings. The lowest BCUT2D eigenvalue weighted by molar-refractivity contribution is -0.254. The van der Waals surface area contributed by atoms with Crippen LogP contribution in [0.1, 0.15) is 32.8 Å². The van der Waals surface area contributed by atoms with E-state index < -0.39 is 12.0 Å². The average Bonchev–Trinajstić information content (AvgIpc) is 3.15. The second-order valence-corrected chi connectivity index (χ2v) is 7.02. The van der Waals surface area contributed by atoms with Gasteiger partial charge >= 0.3 is 6.03 Å². The molecule has 0 spiro atoms. The summed E-state index contributed by atoms with van der Waals surface area (Å²) >= 11 is 1.31. The van der Waals surface area contributed by atoms with E-state index in [1.54, 1.807) is 0 Å². The van der Waals surface area contributed by atoms with Crippen LogP contribution in [0.2, 0.25) is 0 Å². The van der Waals surface area contributed by atoms with Gasteiger partial charge in [0.05, 0.1) is 12.6 Å². The fourth-order valence-electron chi connectivity index (χ4n) is 3.06. The lowest BCUT2D eigenvalue weighted by Crippen LogP contribution is -2.37. The summed E-state index contributed by atoms with van der Waals surface area (Å²) in [5.41, 5.74) is 1.83. The zero-order valence-corrected chi connectivity index (χ0v) is 14.5. The predicted octanol–water partition coefficient (Wildman–Crippen LogP) is 1.63. The molecule has 7 heteroatoms. The molecule has 6 nitrogen and oxygen atoms in total. The summed E-state index contributed by atoms with van der Waals surface area (Å²) in [4.78, 5) is 26.6. The van der Waals surface area contributed by atoms with Crippen LogP contribution in [0.25, 0.3) is 0 Å². The second-order valence-electron chi connectivity index (χ2n) is 5.91. The van der Waals surface area contributed by atoms with Crippen molar-refractivity contribution in [1.82, 2.24) is 4.90 Å². The van der Waals surface area contributed by atoms with E-state index in [4.69, 9.17) is 0 Å². The lowest BCUT2D eigenvalue weighted by Gasteiger charge is -2.22. The van der Waals surface area contributed by atoms with Crippen LogP contribution in [-0.2, 0) is 19.4 Å². The number of anilines is 1. The Bertz CT molecular complexity index is 773. The van der Waals surface area contributed by atoms with Gasteiger partial charge in [-0.2, -0.15) is 0 Å². The number of carbonyl (C=O) groups excluding carboxylic acids is 2. The largest absolute Gasteiger partial charge is 0.545 e. The Labute approximate surface area is 149 Å². The normalized spacial score (nSPS) is 12.7.